The first-order valence-corrected chi connectivity index (χ1v) is 8.62. The number of allylic oxidation sites excluding steroid dienone is 2. The summed E-state index contributed by atoms with van der Waals surface area (Å²) in [6, 6.07) is 0. The predicted molar refractivity (Wildman–Crippen MR) is 84.8 cm³/mol. The Morgan fingerprint density at radius 3 is 2.52 bits per heavy atom. The van der Waals surface area contributed by atoms with E-state index in [9.17, 15) is 4.79 Å². The van der Waals surface area contributed by atoms with E-state index in [1.165, 1.54) is 19.3 Å². The van der Waals surface area contributed by atoms with Gasteiger partial charge in [-0.25, -0.2) is 0 Å². The zero-order valence-electron chi connectivity index (χ0n) is 14.3. The van der Waals surface area contributed by atoms with Gasteiger partial charge in [0.1, 0.15) is 0 Å². The summed E-state index contributed by atoms with van der Waals surface area (Å²) >= 11 is 0. The van der Waals surface area contributed by atoms with Crippen molar-refractivity contribution in [3.05, 3.63) is 11.1 Å². The molecule has 0 radical (unpaired) electrons. The van der Waals surface area contributed by atoms with E-state index >= 15 is 0 Å². The highest BCUT2D eigenvalue weighted by Gasteiger charge is 2.52. The average molecular weight is 290 g/mol. The first kappa shape index (κ1) is 15.1. The normalized spacial score (nSPS) is 39.9. The van der Waals surface area contributed by atoms with Gasteiger partial charge in [-0.05, 0) is 55.8 Å². The van der Waals surface area contributed by atoms with E-state index in [1.54, 1.807) is 11.1 Å². The second-order valence-corrected chi connectivity index (χ2v) is 8.69. The van der Waals surface area contributed by atoms with Crippen LogP contribution < -0.4 is 0 Å². The Balaban J connectivity index is 1.93. The standard InChI is InChI=1S/C19H30O2/c1-12(14-7-6-10-18(14,2)3)15-9-8-13-16(19(15,4)5)11-21-17(13)20/h13,15-16H,6-11H2,1-5H3. The van der Waals surface area contributed by atoms with Crippen molar-refractivity contribution in [3.63, 3.8) is 0 Å². The molecule has 1 aliphatic heterocycles. The molecule has 21 heavy (non-hydrogen) atoms. The molecule has 0 N–H and O–H groups in total. The first-order valence-electron chi connectivity index (χ1n) is 8.62. The number of ether oxygens (including phenoxy) is 1. The maximum atomic E-state index is 11.9. The maximum Gasteiger partial charge on any atom is 0.309 e. The van der Waals surface area contributed by atoms with E-state index in [4.69, 9.17) is 4.74 Å². The Bertz CT molecular complexity index is 484. The molecular weight excluding hydrogens is 260 g/mol. The summed E-state index contributed by atoms with van der Waals surface area (Å²) in [6.45, 7) is 12.5. The number of carbonyl (C=O) groups excluding carboxylic acids is 1. The monoisotopic (exact) mass is 290 g/mol. The van der Waals surface area contributed by atoms with Gasteiger partial charge in [-0.2, -0.15) is 0 Å². The van der Waals surface area contributed by atoms with Crippen LogP contribution in [0.4, 0.5) is 0 Å². The van der Waals surface area contributed by atoms with Gasteiger partial charge < -0.3 is 4.74 Å². The lowest BCUT2D eigenvalue weighted by Gasteiger charge is -2.46. The average Bonchev–Trinajstić information content (AvgIpc) is 2.92. The van der Waals surface area contributed by atoms with Crippen LogP contribution in [0.3, 0.4) is 0 Å². The van der Waals surface area contributed by atoms with Crippen LogP contribution in [-0.2, 0) is 9.53 Å². The number of fused-ring (bicyclic) bond motifs is 1. The maximum absolute atomic E-state index is 11.9. The smallest absolute Gasteiger partial charge is 0.309 e. The van der Waals surface area contributed by atoms with Gasteiger partial charge in [0, 0.05) is 5.92 Å². The van der Waals surface area contributed by atoms with Crippen molar-refractivity contribution in [1.82, 2.24) is 0 Å². The fourth-order valence-electron chi connectivity index (χ4n) is 5.50. The number of esters is 1. The van der Waals surface area contributed by atoms with Crippen LogP contribution in [0.1, 0.15) is 66.7 Å². The van der Waals surface area contributed by atoms with E-state index in [-0.39, 0.29) is 17.3 Å². The quantitative estimate of drug-likeness (QED) is 0.515. The van der Waals surface area contributed by atoms with Crippen molar-refractivity contribution in [2.75, 3.05) is 6.61 Å². The van der Waals surface area contributed by atoms with Crippen molar-refractivity contribution in [2.24, 2.45) is 28.6 Å². The van der Waals surface area contributed by atoms with Gasteiger partial charge in [-0.1, -0.05) is 38.8 Å². The van der Waals surface area contributed by atoms with Crippen LogP contribution in [0.2, 0.25) is 0 Å². The van der Waals surface area contributed by atoms with Crippen molar-refractivity contribution < 1.29 is 9.53 Å². The van der Waals surface area contributed by atoms with Gasteiger partial charge in [-0.3, -0.25) is 4.79 Å². The number of rotatable bonds is 1. The fourth-order valence-corrected chi connectivity index (χ4v) is 5.50. The first-order chi connectivity index (χ1) is 9.75. The Morgan fingerprint density at radius 2 is 1.90 bits per heavy atom. The highest BCUT2D eigenvalue weighted by Crippen LogP contribution is 2.55. The molecule has 3 rings (SSSR count). The minimum atomic E-state index is 0.0537. The molecule has 0 aromatic rings. The number of hydrogen-bond acceptors (Lipinski definition) is 2. The van der Waals surface area contributed by atoms with Crippen molar-refractivity contribution in [2.45, 2.75) is 66.7 Å². The van der Waals surface area contributed by atoms with Crippen LogP contribution in [-0.4, -0.2) is 12.6 Å². The highest BCUT2D eigenvalue weighted by molar-refractivity contribution is 5.75. The molecular formula is C19H30O2. The summed E-state index contributed by atoms with van der Waals surface area (Å²) < 4.78 is 5.37. The Labute approximate surface area is 129 Å². The van der Waals surface area contributed by atoms with E-state index in [2.05, 4.69) is 34.6 Å². The molecule has 1 heterocycles. The number of hydrogen-bond donors (Lipinski definition) is 0. The Hall–Kier alpha value is -0.790. The molecule has 1 saturated heterocycles. The molecule has 3 atom stereocenters. The van der Waals surface area contributed by atoms with E-state index in [0.29, 0.717) is 23.9 Å². The Kier molecular flexibility index (Phi) is 3.50. The molecule has 0 amide bonds. The molecule has 3 aliphatic rings. The van der Waals surface area contributed by atoms with E-state index in [0.717, 1.165) is 12.8 Å². The molecule has 3 unspecified atom stereocenters. The predicted octanol–water partition coefficient (Wildman–Crippen LogP) is 4.74. The second-order valence-electron chi connectivity index (χ2n) is 8.69. The van der Waals surface area contributed by atoms with Gasteiger partial charge in [-0.15, -0.1) is 0 Å². The summed E-state index contributed by atoms with van der Waals surface area (Å²) in [5, 5.41) is 0. The summed E-state index contributed by atoms with van der Waals surface area (Å²) in [5.41, 5.74) is 3.87. The molecule has 2 heteroatoms. The lowest BCUT2D eigenvalue weighted by molar-refractivity contribution is -0.142. The molecule has 0 bridgehead atoms. The molecule has 0 aromatic heterocycles. The topological polar surface area (TPSA) is 26.3 Å². The molecule has 2 saturated carbocycles. The molecule has 2 aliphatic carbocycles. The molecule has 0 spiro atoms. The van der Waals surface area contributed by atoms with Crippen LogP contribution in [0.5, 0.6) is 0 Å². The minimum absolute atomic E-state index is 0.0537. The fraction of sp³-hybridized carbons (Fsp3) is 0.842. The van der Waals surface area contributed by atoms with Crippen LogP contribution in [0.25, 0.3) is 0 Å². The third-order valence-corrected chi connectivity index (χ3v) is 6.86. The second kappa shape index (κ2) is 4.86. The van der Waals surface area contributed by atoms with Gasteiger partial charge >= 0.3 is 5.97 Å². The summed E-state index contributed by atoms with van der Waals surface area (Å²) in [5.74, 6) is 1.23. The zero-order chi connectivity index (χ0) is 15.4. The van der Waals surface area contributed by atoms with E-state index < -0.39 is 0 Å². The third kappa shape index (κ3) is 2.26. The largest absolute Gasteiger partial charge is 0.465 e. The summed E-state index contributed by atoms with van der Waals surface area (Å²) in [6.07, 6.45) is 6.09. The van der Waals surface area contributed by atoms with Crippen molar-refractivity contribution in [3.8, 4) is 0 Å². The van der Waals surface area contributed by atoms with E-state index in [1.807, 2.05) is 0 Å². The minimum Gasteiger partial charge on any atom is -0.465 e. The SMILES string of the molecule is CC(=C1CCCC1(C)C)C1CCC2C(=O)OCC2C1(C)C. The van der Waals surface area contributed by atoms with Crippen LogP contribution >= 0.6 is 0 Å². The number of carbonyl (C=O) groups is 1. The third-order valence-electron chi connectivity index (χ3n) is 6.86. The number of cyclic esters (lactones) is 1. The highest BCUT2D eigenvalue weighted by atomic mass is 16.5. The lowest BCUT2D eigenvalue weighted by atomic mass is 9.56. The zero-order valence-corrected chi connectivity index (χ0v) is 14.3. The summed E-state index contributed by atoms with van der Waals surface area (Å²) in [7, 11) is 0. The van der Waals surface area contributed by atoms with Gasteiger partial charge in [0.05, 0.1) is 12.5 Å². The molecule has 118 valence electrons. The summed E-state index contributed by atoms with van der Waals surface area (Å²) in [4.78, 5) is 11.9. The van der Waals surface area contributed by atoms with Gasteiger partial charge in [0.15, 0.2) is 0 Å². The molecule has 0 aromatic carbocycles. The van der Waals surface area contributed by atoms with Crippen LogP contribution in [0, 0.1) is 28.6 Å². The molecule has 2 nitrogen and oxygen atoms in total. The van der Waals surface area contributed by atoms with Gasteiger partial charge in [0.25, 0.3) is 0 Å². The Morgan fingerprint density at radius 1 is 1.19 bits per heavy atom. The van der Waals surface area contributed by atoms with Gasteiger partial charge in [0.2, 0.25) is 0 Å². The van der Waals surface area contributed by atoms with Crippen LogP contribution in [0.15, 0.2) is 11.1 Å². The van der Waals surface area contributed by atoms with Crippen molar-refractivity contribution >= 4 is 5.97 Å². The lowest BCUT2D eigenvalue weighted by Crippen LogP contribution is -2.42. The van der Waals surface area contributed by atoms with Crippen molar-refractivity contribution in [1.29, 1.82) is 0 Å². The molecule has 3 fully saturated rings.